The van der Waals surface area contributed by atoms with Crippen molar-refractivity contribution < 1.29 is 4.79 Å². The zero-order valence-electron chi connectivity index (χ0n) is 10.7. The molecule has 3 nitrogen and oxygen atoms in total. The largest absolute Gasteiger partial charge is 0.352 e. The molecule has 4 heteroatoms. The third-order valence-electron chi connectivity index (χ3n) is 2.83. The van der Waals surface area contributed by atoms with Crippen LogP contribution in [0.15, 0.2) is 42.6 Å². The minimum Gasteiger partial charge on any atom is -0.352 e. The number of carbonyl (C=O) groups excluding carboxylic acids is 1. The van der Waals surface area contributed by atoms with Crippen LogP contribution in [0.2, 0.25) is 0 Å². The molecule has 0 saturated carbocycles. The van der Waals surface area contributed by atoms with Crippen molar-refractivity contribution in [3.63, 3.8) is 0 Å². The molecule has 2 aromatic rings. The second-order valence-electron chi connectivity index (χ2n) is 4.26. The van der Waals surface area contributed by atoms with Crippen molar-refractivity contribution in [2.24, 2.45) is 0 Å². The Balaban J connectivity index is 1.93. The molecule has 0 saturated heterocycles. The van der Waals surface area contributed by atoms with Gasteiger partial charge in [-0.25, -0.2) is 0 Å². The number of halogens is 1. The average molecular weight is 366 g/mol. The summed E-state index contributed by atoms with van der Waals surface area (Å²) in [6.07, 6.45) is 2.51. The van der Waals surface area contributed by atoms with Crippen molar-refractivity contribution in [1.82, 2.24) is 10.3 Å². The van der Waals surface area contributed by atoms with Crippen molar-refractivity contribution in [3.05, 3.63) is 63.0 Å². The van der Waals surface area contributed by atoms with Crippen LogP contribution in [-0.4, -0.2) is 17.4 Å². The van der Waals surface area contributed by atoms with Gasteiger partial charge in [-0.3, -0.25) is 9.78 Å². The molecule has 0 bridgehead atoms. The lowest BCUT2D eigenvalue weighted by Crippen LogP contribution is -2.26. The predicted octanol–water partition coefficient (Wildman–Crippen LogP) is 2.97. The van der Waals surface area contributed by atoms with Gasteiger partial charge in [0.25, 0.3) is 5.91 Å². The molecule has 1 heterocycles. The maximum absolute atomic E-state index is 12.1. The molecule has 1 amide bonds. The van der Waals surface area contributed by atoms with Gasteiger partial charge in [0, 0.05) is 28.4 Å². The summed E-state index contributed by atoms with van der Waals surface area (Å²) in [7, 11) is 0. The van der Waals surface area contributed by atoms with Gasteiger partial charge in [0.05, 0.1) is 5.56 Å². The van der Waals surface area contributed by atoms with Crippen LogP contribution in [0.4, 0.5) is 0 Å². The van der Waals surface area contributed by atoms with Crippen molar-refractivity contribution in [3.8, 4) is 0 Å². The van der Waals surface area contributed by atoms with Crippen LogP contribution in [0.25, 0.3) is 0 Å². The summed E-state index contributed by atoms with van der Waals surface area (Å²) in [5.41, 5.74) is 2.85. The minimum atomic E-state index is -0.0240. The summed E-state index contributed by atoms with van der Waals surface area (Å²) in [5.74, 6) is -0.0240. The molecule has 19 heavy (non-hydrogen) atoms. The first-order valence-corrected chi connectivity index (χ1v) is 7.19. The zero-order chi connectivity index (χ0) is 13.7. The monoisotopic (exact) mass is 366 g/mol. The number of hydrogen-bond acceptors (Lipinski definition) is 2. The molecule has 2 rings (SSSR count). The van der Waals surface area contributed by atoms with Crippen LogP contribution in [0.5, 0.6) is 0 Å². The molecule has 1 aromatic heterocycles. The molecule has 98 valence electrons. The number of nitrogens with zero attached hydrogens (tertiary/aromatic N) is 1. The second kappa shape index (κ2) is 6.65. The fraction of sp³-hybridized carbons (Fsp3) is 0.200. The Bertz CT molecular complexity index is 570. The quantitative estimate of drug-likeness (QED) is 0.846. The average Bonchev–Trinajstić information content (AvgIpc) is 2.43. The lowest BCUT2D eigenvalue weighted by molar-refractivity contribution is 0.0953. The molecule has 0 aliphatic rings. The van der Waals surface area contributed by atoms with E-state index < -0.39 is 0 Å². The van der Waals surface area contributed by atoms with Gasteiger partial charge in [-0.05, 0) is 53.3 Å². The van der Waals surface area contributed by atoms with E-state index in [1.165, 1.54) is 0 Å². The topological polar surface area (TPSA) is 42.0 Å². The molecule has 0 atom stereocenters. The van der Waals surface area contributed by atoms with E-state index in [0.29, 0.717) is 6.54 Å². The first-order valence-electron chi connectivity index (χ1n) is 6.11. The van der Waals surface area contributed by atoms with E-state index in [0.717, 1.165) is 26.8 Å². The highest BCUT2D eigenvalue weighted by molar-refractivity contribution is 14.1. The van der Waals surface area contributed by atoms with Crippen LogP contribution in [-0.2, 0) is 6.42 Å². The lowest BCUT2D eigenvalue weighted by Gasteiger charge is -2.08. The molecule has 0 fully saturated rings. The molecular formula is C15H15IN2O. The molecular weight excluding hydrogens is 351 g/mol. The number of benzene rings is 1. The Labute approximate surface area is 126 Å². The number of amides is 1. The van der Waals surface area contributed by atoms with Gasteiger partial charge >= 0.3 is 0 Å². The first kappa shape index (κ1) is 14.0. The SMILES string of the molecule is Cc1cccc(C(=O)NCCc2ccccn2)c1I. The number of rotatable bonds is 4. The first-order chi connectivity index (χ1) is 9.18. The van der Waals surface area contributed by atoms with Crippen molar-refractivity contribution in [2.45, 2.75) is 13.3 Å². The van der Waals surface area contributed by atoms with Gasteiger partial charge in [-0.15, -0.1) is 0 Å². The van der Waals surface area contributed by atoms with Gasteiger partial charge in [0.2, 0.25) is 0 Å². The number of aromatic nitrogens is 1. The molecule has 0 aliphatic carbocycles. The minimum absolute atomic E-state index is 0.0240. The molecule has 0 aliphatic heterocycles. The van der Waals surface area contributed by atoms with Crippen LogP contribution >= 0.6 is 22.6 Å². The third kappa shape index (κ3) is 3.76. The normalized spacial score (nSPS) is 10.2. The van der Waals surface area contributed by atoms with E-state index in [2.05, 4.69) is 32.9 Å². The number of nitrogens with one attached hydrogen (secondary N) is 1. The van der Waals surface area contributed by atoms with Crippen LogP contribution in [0.3, 0.4) is 0 Å². The standard InChI is InChI=1S/C15H15IN2O/c1-11-5-4-7-13(14(11)16)15(19)18-10-8-12-6-2-3-9-17-12/h2-7,9H,8,10H2,1H3,(H,18,19). The lowest BCUT2D eigenvalue weighted by atomic mass is 10.1. The summed E-state index contributed by atoms with van der Waals surface area (Å²) in [4.78, 5) is 16.3. The van der Waals surface area contributed by atoms with Crippen molar-refractivity contribution in [1.29, 1.82) is 0 Å². The number of aryl methyl sites for hydroxylation is 1. The summed E-state index contributed by atoms with van der Waals surface area (Å²) in [6, 6.07) is 11.6. The number of carbonyl (C=O) groups is 1. The third-order valence-corrected chi connectivity index (χ3v) is 4.26. The Morgan fingerprint density at radius 2 is 2.11 bits per heavy atom. The van der Waals surface area contributed by atoms with E-state index in [-0.39, 0.29) is 5.91 Å². The maximum atomic E-state index is 12.1. The van der Waals surface area contributed by atoms with Gasteiger partial charge in [-0.1, -0.05) is 18.2 Å². The van der Waals surface area contributed by atoms with Crippen LogP contribution in [0, 0.1) is 10.5 Å². The van der Waals surface area contributed by atoms with Gasteiger partial charge < -0.3 is 5.32 Å². The molecule has 1 aromatic carbocycles. The second-order valence-corrected chi connectivity index (χ2v) is 5.34. The van der Waals surface area contributed by atoms with Gasteiger partial charge in [0.1, 0.15) is 0 Å². The summed E-state index contributed by atoms with van der Waals surface area (Å²) in [5, 5.41) is 2.93. The smallest absolute Gasteiger partial charge is 0.252 e. The fourth-order valence-corrected chi connectivity index (χ4v) is 2.37. The van der Waals surface area contributed by atoms with Crippen molar-refractivity contribution in [2.75, 3.05) is 6.54 Å². The summed E-state index contributed by atoms with van der Waals surface area (Å²) in [6.45, 7) is 2.60. The predicted molar refractivity (Wildman–Crippen MR) is 84.2 cm³/mol. The highest BCUT2D eigenvalue weighted by atomic mass is 127. The van der Waals surface area contributed by atoms with Gasteiger partial charge in [-0.2, -0.15) is 0 Å². The highest BCUT2D eigenvalue weighted by Gasteiger charge is 2.10. The maximum Gasteiger partial charge on any atom is 0.252 e. The molecule has 0 spiro atoms. The number of hydrogen-bond donors (Lipinski definition) is 1. The molecule has 0 unspecified atom stereocenters. The molecule has 0 radical (unpaired) electrons. The van der Waals surface area contributed by atoms with Crippen LogP contribution in [0.1, 0.15) is 21.6 Å². The van der Waals surface area contributed by atoms with E-state index in [9.17, 15) is 4.79 Å². The zero-order valence-corrected chi connectivity index (χ0v) is 12.8. The van der Waals surface area contributed by atoms with E-state index >= 15 is 0 Å². The Kier molecular flexibility index (Phi) is 4.90. The Hall–Kier alpha value is -1.43. The number of pyridine rings is 1. The van der Waals surface area contributed by atoms with E-state index in [1.807, 2.05) is 43.3 Å². The fourth-order valence-electron chi connectivity index (χ4n) is 1.77. The summed E-state index contributed by atoms with van der Waals surface area (Å²) < 4.78 is 1.01. The Morgan fingerprint density at radius 3 is 2.84 bits per heavy atom. The van der Waals surface area contributed by atoms with Gasteiger partial charge in [0.15, 0.2) is 0 Å². The Morgan fingerprint density at radius 1 is 1.26 bits per heavy atom. The molecule has 1 N–H and O–H groups in total. The highest BCUT2D eigenvalue weighted by Crippen LogP contribution is 2.16. The van der Waals surface area contributed by atoms with Crippen LogP contribution < -0.4 is 5.32 Å². The summed E-state index contributed by atoms with van der Waals surface area (Å²) >= 11 is 2.21. The van der Waals surface area contributed by atoms with E-state index in [1.54, 1.807) is 6.20 Å². The van der Waals surface area contributed by atoms with E-state index in [4.69, 9.17) is 0 Å². The van der Waals surface area contributed by atoms with Crippen molar-refractivity contribution >= 4 is 28.5 Å².